The van der Waals surface area contributed by atoms with Gasteiger partial charge in [0.1, 0.15) is 5.82 Å². The molecule has 0 unspecified atom stereocenters. The van der Waals surface area contributed by atoms with Gasteiger partial charge in [0, 0.05) is 14.5 Å². The third-order valence-electron chi connectivity index (χ3n) is 3.57. The third-order valence-corrected chi connectivity index (χ3v) is 5.32. The second-order valence-corrected chi connectivity index (χ2v) is 7.19. The molecule has 5 nitrogen and oxygen atoms in total. The van der Waals surface area contributed by atoms with Gasteiger partial charge in [-0.2, -0.15) is 4.98 Å². The molecule has 0 aliphatic rings. The maximum Gasteiger partial charge on any atom is 0.259 e. The minimum Gasteiger partial charge on any atom is -0.289 e. The van der Waals surface area contributed by atoms with Crippen LogP contribution in [0, 0.1) is 9.39 Å². The van der Waals surface area contributed by atoms with E-state index < -0.39 is 0 Å². The number of amides is 1. The Morgan fingerprint density at radius 1 is 1.16 bits per heavy atom. The molecule has 4 rings (SSSR count). The number of fused-ring (bicyclic) bond motifs is 1. The van der Waals surface area contributed by atoms with Gasteiger partial charge in [0.15, 0.2) is 0 Å². The molecule has 0 fully saturated rings. The molecule has 0 aliphatic carbocycles. The first-order valence-electron chi connectivity index (χ1n) is 7.28. The van der Waals surface area contributed by atoms with Crippen LogP contribution in [-0.4, -0.2) is 20.5 Å². The van der Waals surface area contributed by atoms with Crippen LogP contribution in [0.15, 0.2) is 53.9 Å². The molecule has 1 N–H and O–H groups in total. The summed E-state index contributed by atoms with van der Waals surface area (Å²) in [5.74, 6) is -0.314. The molecule has 4 aromatic rings. The maximum absolute atomic E-state index is 13.1. The second-order valence-electron chi connectivity index (χ2n) is 5.19. The van der Waals surface area contributed by atoms with Crippen molar-refractivity contribution in [1.82, 2.24) is 14.6 Å². The number of benzene rings is 2. The van der Waals surface area contributed by atoms with E-state index in [0.717, 1.165) is 14.8 Å². The van der Waals surface area contributed by atoms with E-state index in [0.29, 0.717) is 10.5 Å². The lowest BCUT2D eigenvalue weighted by Gasteiger charge is -2.03. The van der Waals surface area contributed by atoms with Crippen molar-refractivity contribution in [3.8, 4) is 11.3 Å². The average Bonchev–Trinajstić information content (AvgIpc) is 3.16. The molecule has 2 aromatic heterocycles. The van der Waals surface area contributed by atoms with Crippen LogP contribution in [0.2, 0.25) is 0 Å². The van der Waals surface area contributed by atoms with Gasteiger partial charge in [0.2, 0.25) is 4.96 Å². The van der Waals surface area contributed by atoms with Crippen molar-refractivity contribution in [2.24, 2.45) is 0 Å². The molecule has 0 spiro atoms. The number of nitrogens with zero attached hydrogens (tertiary/aromatic N) is 3. The molecule has 0 radical (unpaired) electrons. The van der Waals surface area contributed by atoms with Crippen LogP contribution < -0.4 is 5.32 Å². The van der Waals surface area contributed by atoms with Crippen molar-refractivity contribution in [3.63, 3.8) is 0 Å². The number of anilines is 1. The monoisotopic (exact) mass is 464 g/mol. The molecule has 0 aliphatic heterocycles. The van der Waals surface area contributed by atoms with Crippen LogP contribution in [0.4, 0.5) is 10.3 Å². The smallest absolute Gasteiger partial charge is 0.259 e. The molecular weight excluding hydrogens is 454 g/mol. The first kappa shape index (κ1) is 16.2. The van der Waals surface area contributed by atoms with Gasteiger partial charge in [-0.25, -0.2) is 8.91 Å². The minimum absolute atomic E-state index is 0.236. The highest BCUT2D eigenvalue weighted by atomic mass is 127. The standard InChI is InChI=1S/C17H10FIN4OS/c18-11-7-5-10(6-8-11)14-9-25-17-21-16(22-23(14)17)20-15(24)12-3-1-2-4-13(12)19/h1-9H,(H,20,22,24). The lowest BCUT2D eigenvalue weighted by Crippen LogP contribution is -2.14. The summed E-state index contributed by atoms with van der Waals surface area (Å²) in [5.41, 5.74) is 2.19. The van der Waals surface area contributed by atoms with Gasteiger partial charge in [0.25, 0.3) is 11.9 Å². The van der Waals surface area contributed by atoms with Gasteiger partial charge in [-0.15, -0.1) is 16.4 Å². The molecular formula is C17H10FIN4OS. The van der Waals surface area contributed by atoms with E-state index in [9.17, 15) is 9.18 Å². The Hall–Kier alpha value is -2.33. The average molecular weight is 464 g/mol. The number of nitrogens with one attached hydrogen (secondary N) is 1. The Balaban J connectivity index is 1.65. The number of carbonyl (C=O) groups is 1. The predicted molar refractivity (Wildman–Crippen MR) is 103 cm³/mol. The third kappa shape index (κ3) is 3.14. The van der Waals surface area contributed by atoms with Gasteiger partial charge < -0.3 is 0 Å². The van der Waals surface area contributed by atoms with Crippen molar-refractivity contribution in [2.75, 3.05) is 5.32 Å². The maximum atomic E-state index is 13.1. The van der Waals surface area contributed by atoms with E-state index in [-0.39, 0.29) is 17.7 Å². The summed E-state index contributed by atoms with van der Waals surface area (Å²) in [4.78, 5) is 17.4. The fraction of sp³-hybridized carbons (Fsp3) is 0. The molecule has 8 heteroatoms. The zero-order valence-corrected chi connectivity index (χ0v) is 15.6. The Bertz CT molecular complexity index is 1070. The highest BCUT2D eigenvalue weighted by molar-refractivity contribution is 14.1. The van der Waals surface area contributed by atoms with Gasteiger partial charge in [-0.3, -0.25) is 10.1 Å². The Kier molecular flexibility index (Phi) is 4.22. The van der Waals surface area contributed by atoms with Gasteiger partial charge in [0.05, 0.1) is 11.3 Å². The summed E-state index contributed by atoms with van der Waals surface area (Å²) < 4.78 is 15.6. The first-order valence-corrected chi connectivity index (χ1v) is 9.24. The molecule has 2 heterocycles. The van der Waals surface area contributed by atoms with Crippen LogP contribution in [0.3, 0.4) is 0 Å². The Morgan fingerprint density at radius 2 is 1.92 bits per heavy atom. The van der Waals surface area contributed by atoms with Crippen LogP contribution in [-0.2, 0) is 0 Å². The highest BCUT2D eigenvalue weighted by Crippen LogP contribution is 2.26. The fourth-order valence-corrected chi connectivity index (χ4v) is 3.83. The van der Waals surface area contributed by atoms with Gasteiger partial charge >= 0.3 is 0 Å². The molecule has 0 bridgehead atoms. The number of halogens is 2. The van der Waals surface area contributed by atoms with Crippen molar-refractivity contribution >= 4 is 50.7 Å². The SMILES string of the molecule is O=C(Nc1nc2scc(-c3ccc(F)cc3)n2n1)c1ccccc1I. The number of carbonyl (C=O) groups excluding carboxylic acids is 1. The molecule has 0 saturated carbocycles. The summed E-state index contributed by atoms with van der Waals surface area (Å²) in [6, 6.07) is 13.5. The van der Waals surface area contributed by atoms with E-state index in [4.69, 9.17) is 0 Å². The fourth-order valence-electron chi connectivity index (χ4n) is 2.37. The van der Waals surface area contributed by atoms with Crippen LogP contribution in [0.5, 0.6) is 0 Å². The van der Waals surface area contributed by atoms with Gasteiger partial charge in [-0.1, -0.05) is 12.1 Å². The first-order chi connectivity index (χ1) is 12.1. The number of thiazole rings is 1. The van der Waals surface area contributed by atoms with Crippen molar-refractivity contribution in [3.05, 3.63) is 68.9 Å². The number of aromatic nitrogens is 3. The topological polar surface area (TPSA) is 59.3 Å². The summed E-state index contributed by atoms with van der Waals surface area (Å²) in [7, 11) is 0. The summed E-state index contributed by atoms with van der Waals surface area (Å²) >= 11 is 3.51. The number of rotatable bonds is 3. The minimum atomic E-state index is -0.292. The second kappa shape index (κ2) is 6.52. The van der Waals surface area contributed by atoms with Crippen LogP contribution in [0.25, 0.3) is 16.2 Å². The number of hydrogen-bond acceptors (Lipinski definition) is 4. The molecule has 1 amide bonds. The van der Waals surface area contributed by atoms with E-state index in [1.165, 1.54) is 23.5 Å². The predicted octanol–water partition coefficient (Wildman–Crippen LogP) is 4.45. The zero-order valence-electron chi connectivity index (χ0n) is 12.6. The van der Waals surface area contributed by atoms with E-state index in [2.05, 4.69) is 38.0 Å². The zero-order chi connectivity index (χ0) is 17.4. The lowest BCUT2D eigenvalue weighted by molar-refractivity contribution is 0.102. The largest absolute Gasteiger partial charge is 0.289 e. The molecule has 124 valence electrons. The quantitative estimate of drug-likeness (QED) is 0.456. The van der Waals surface area contributed by atoms with Gasteiger partial charge in [-0.05, 0) is 59.0 Å². The van der Waals surface area contributed by atoms with E-state index in [1.54, 1.807) is 22.7 Å². The van der Waals surface area contributed by atoms with Crippen molar-refractivity contribution in [2.45, 2.75) is 0 Å². The highest BCUT2D eigenvalue weighted by Gasteiger charge is 2.15. The summed E-state index contributed by atoms with van der Waals surface area (Å²) in [5, 5.41) is 8.97. The van der Waals surface area contributed by atoms with Crippen molar-refractivity contribution in [1.29, 1.82) is 0 Å². The van der Waals surface area contributed by atoms with Crippen LogP contribution >= 0.6 is 33.9 Å². The molecule has 0 atom stereocenters. The summed E-state index contributed by atoms with van der Waals surface area (Å²) in [6.07, 6.45) is 0. The normalized spacial score (nSPS) is 11.0. The molecule has 25 heavy (non-hydrogen) atoms. The van der Waals surface area contributed by atoms with Crippen LogP contribution in [0.1, 0.15) is 10.4 Å². The number of hydrogen-bond donors (Lipinski definition) is 1. The molecule has 0 saturated heterocycles. The van der Waals surface area contributed by atoms with E-state index >= 15 is 0 Å². The lowest BCUT2D eigenvalue weighted by atomic mass is 10.2. The van der Waals surface area contributed by atoms with Crippen molar-refractivity contribution < 1.29 is 9.18 Å². The molecule has 2 aromatic carbocycles. The Labute approximate surface area is 159 Å². The Morgan fingerprint density at radius 3 is 2.68 bits per heavy atom. The van der Waals surface area contributed by atoms with E-state index in [1.807, 2.05) is 23.6 Å². The summed E-state index contributed by atoms with van der Waals surface area (Å²) in [6.45, 7) is 0.